The first-order valence-electron chi connectivity index (χ1n) is 7.07. The van der Waals surface area contributed by atoms with Crippen LogP contribution in [-0.2, 0) is 15.8 Å². The Morgan fingerprint density at radius 3 is 2.52 bits per heavy atom. The topological polar surface area (TPSA) is 75.6 Å². The van der Waals surface area contributed by atoms with E-state index in [4.69, 9.17) is 9.84 Å². The summed E-state index contributed by atoms with van der Waals surface area (Å²) in [5.41, 5.74) is -0.794. The van der Waals surface area contributed by atoms with Gasteiger partial charge in [0.15, 0.2) is 0 Å². The SMILES string of the molecule is O=C(O)CCCCC(=O)NCCOc1cccc(C(F)(F)F)c1. The van der Waals surface area contributed by atoms with E-state index in [1.165, 1.54) is 12.1 Å². The van der Waals surface area contributed by atoms with Gasteiger partial charge >= 0.3 is 12.1 Å². The van der Waals surface area contributed by atoms with E-state index in [2.05, 4.69) is 5.32 Å². The largest absolute Gasteiger partial charge is 0.492 e. The van der Waals surface area contributed by atoms with Gasteiger partial charge in [0.25, 0.3) is 0 Å². The lowest BCUT2D eigenvalue weighted by molar-refractivity contribution is -0.138. The van der Waals surface area contributed by atoms with Crippen molar-refractivity contribution < 1.29 is 32.6 Å². The second-order valence-electron chi connectivity index (χ2n) is 4.82. The smallest absolute Gasteiger partial charge is 0.416 e. The molecule has 0 heterocycles. The highest BCUT2D eigenvalue weighted by molar-refractivity contribution is 5.75. The summed E-state index contributed by atoms with van der Waals surface area (Å²) in [6.07, 6.45) is -3.32. The summed E-state index contributed by atoms with van der Waals surface area (Å²) >= 11 is 0. The summed E-state index contributed by atoms with van der Waals surface area (Å²) in [7, 11) is 0. The Morgan fingerprint density at radius 2 is 1.87 bits per heavy atom. The Balaban J connectivity index is 2.22. The first-order chi connectivity index (χ1) is 10.8. The molecule has 0 atom stereocenters. The molecule has 1 rings (SSSR count). The molecule has 1 amide bonds. The minimum atomic E-state index is -4.43. The number of carboxylic acid groups (broad SMARTS) is 1. The van der Waals surface area contributed by atoms with Crippen LogP contribution in [0.15, 0.2) is 24.3 Å². The maximum absolute atomic E-state index is 12.5. The summed E-state index contributed by atoms with van der Waals surface area (Å²) < 4.78 is 42.7. The van der Waals surface area contributed by atoms with Crippen molar-refractivity contribution in [2.75, 3.05) is 13.2 Å². The number of aliphatic carboxylic acids is 1. The lowest BCUT2D eigenvalue weighted by atomic mass is 10.2. The van der Waals surface area contributed by atoms with Crippen molar-refractivity contribution >= 4 is 11.9 Å². The van der Waals surface area contributed by atoms with E-state index in [-0.39, 0.29) is 37.6 Å². The van der Waals surface area contributed by atoms with Crippen molar-refractivity contribution in [3.05, 3.63) is 29.8 Å². The summed E-state index contributed by atoms with van der Waals surface area (Å²) in [6, 6.07) is 4.50. The monoisotopic (exact) mass is 333 g/mol. The zero-order chi connectivity index (χ0) is 17.3. The van der Waals surface area contributed by atoms with E-state index in [0.29, 0.717) is 12.8 Å². The molecular weight excluding hydrogens is 315 g/mol. The molecule has 0 saturated carbocycles. The summed E-state index contributed by atoms with van der Waals surface area (Å²) in [5.74, 6) is -1.07. The molecule has 0 unspecified atom stereocenters. The van der Waals surface area contributed by atoms with Crippen LogP contribution in [0.2, 0.25) is 0 Å². The van der Waals surface area contributed by atoms with Crippen LogP contribution in [0.5, 0.6) is 5.75 Å². The van der Waals surface area contributed by atoms with Gasteiger partial charge in [-0.2, -0.15) is 13.2 Å². The zero-order valence-electron chi connectivity index (χ0n) is 12.4. The van der Waals surface area contributed by atoms with Crippen LogP contribution >= 0.6 is 0 Å². The highest BCUT2D eigenvalue weighted by Crippen LogP contribution is 2.31. The first-order valence-corrected chi connectivity index (χ1v) is 7.07. The number of ether oxygens (including phenoxy) is 1. The number of hydrogen-bond acceptors (Lipinski definition) is 3. The number of alkyl halides is 3. The van der Waals surface area contributed by atoms with E-state index in [0.717, 1.165) is 12.1 Å². The molecule has 128 valence electrons. The molecule has 23 heavy (non-hydrogen) atoms. The van der Waals surface area contributed by atoms with E-state index >= 15 is 0 Å². The van der Waals surface area contributed by atoms with Crippen LogP contribution < -0.4 is 10.1 Å². The maximum atomic E-state index is 12.5. The highest BCUT2D eigenvalue weighted by atomic mass is 19.4. The van der Waals surface area contributed by atoms with Gasteiger partial charge in [-0.05, 0) is 31.0 Å². The minimum Gasteiger partial charge on any atom is -0.492 e. The van der Waals surface area contributed by atoms with Gasteiger partial charge in [-0.3, -0.25) is 9.59 Å². The van der Waals surface area contributed by atoms with Crippen molar-refractivity contribution in [2.45, 2.75) is 31.9 Å². The summed E-state index contributed by atoms with van der Waals surface area (Å²) in [5, 5.41) is 11.0. The van der Waals surface area contributed by atoms with E-state index < -0.39 is 17.7 Å². The van der Waals surface area contributed by atoms with E-state index in [9.17, 15) is 22.8 Å². The van der Waals surface area contributed by atoms with Crippen molar-refractivity contribution in [1.29, 1.82) is 0 Å². The Bertz CT molecular complexity index is 532. The van der Waals surface area contributed by atoms with Crippen molar-refractivity contribution in [3.8, 4) is 5.75 Å². The first kappa shape index (κ1) is 18.8. The second-order valence-corrected chi connectivity index (χ2v) is 4.82. The predicted molar refractivity (Wildman–Crippen MR) is 76.1 cm³/mol. The van der Waals surface area contributed by atoms with Gasteiger partial charge in [-0.25, -0.2) is 0 Å². The van der Waals surface area contributed by atoms with Gasteiger partial charge in [0.05, 0.1) is 12.1 Å². The van der Waals surface area contributed by atoms with Crippen LogP contribution in [0.1, 0.15) is 31.2 Å². The molecule has 0 aromatic heterocycles. The molecular formula is C15H18F3NO4. The maximum Gasteiger partial charge on any atom is 0.416 e. The number of amides is 1. The Kier molecular flexibility index (Phi) is 7.37. The van der Waals surface area contributed by atoms with Crippen molar-refractivity contribution in [2.24, 2.45) is 0 Å². The summed E-state index contributed by atoms with van der Waals surface area (Å²) in [6.45, 7) is 0.205. The fourth-order valence-corrected chi connectivity index (χ4v) is 1.77. The number of carboxylic acids is 1. The molecule has 0 aliphatic heterocycles. The third-order valence-corrected chi connectivity index (χ3v) is 2.90. The fourth-order valence-electron chi connectivity index (χ4n) is 1.77. The molecule has 0 saturated heterocycles. The molecule has 0 aliphatic rings. The van der Waals surface area contributed by atoms with E-state index in [1.807, 2.05) is 0 Å². The third kappa shape index (κ3) is 8.08. The Morgan fingerprint density at radius 1 is 1.17 bits per heavy atom. The van der Waals surface area contributed by atoms with E-state index in [1.54, 1.807) is 0 Å². The quantitative estimate of drug-likeness (QED) is 0.682. The molecule has 8 heteroatoms. The predicted octanol–water partition coefficient (Wildman–Crippen LogP) is 2.85. The lowest BCUT2D eigenvalue weighted by Crippen LogP contribution is -2.27. The number of halogens is 3. The Labute approximate surface area is 131 Å². The lowest BCUT2D eigenvalue weighted by Gasteiger charge is -2.10. The molecule has 1 aromatic rings. The molecule has 0 fully saturated rings. The van der Waals surface area contributed by atoms with Crippen LogP contribution in [-0.4, -0.2) is 30.1 Å². The van der Waals surface area contributed by atoms with Gasteiger partial charge < -0.3 is 15.2 Å². The number of carbonyl (C=O) groups is 2. The van der Waals surface area contributed by atoms with Gasteiger partial charge in [0, 0.05) is 12.8 Å². The van der Waals surface area contributed by atoms with Crippen LogP contribution in [0.4, 0.5) is 13.2 Å². The molecule has 1 aromatic carbocycles. The van der Waals surface area contributed by atoms with Crippen molar-refractivity contribution in [1.82, 2.24) is 5.32 Å². The van der Waals surface area contributed by atoms with Crippen LogP contribution in [0.25, 0.3) is 0 Å². The zero-order valence-corrected chi connectivity index (χ0v) is 12.4. The number of unbranched alkanes of at least 4 members (excludes halogenated alkanes) is 1. The summed E-state index contributed by atoms with van der Waals surface area (Å²) in [4.78, 5) is 21.7. The van der Waals surface area contributed by atoms with Crippen LogP contribution in [0.3, 0.4) is 0 Å². The second kappa shape index (κ2) is 9.02. The van der Waals surface area contributed by atoms with Crippen molar-refractivity contribution in [3.63, 3.8) is 0 Å². The minimum absolute atomic E-state index is 0.0198. The normalized spacial score (nSPS) is 11.1. The molecule has 0 spiro atoms. The molecule has 5 nitrogen and oxygen atoms in total. The molecule has 0 bridgehead atoms. The number of carbonyl (C=O) groups excluding carboxylic acids is 1. The highest BCUT2D eigenvalue weighted by Gasteiger charge is 2.30. The number of nitrogens with one attached hydrogen (secondary N) is 1. The standard InChI is InChI=1S/C15H18F3NO4/c16-15(17,18)11-4-3-5-12(10-11)23-9-8-19-13(20)6-1-2-7-14(21)22/h3-5,10H,1-2,6-9H2,(H,19,20)(H,21,22). The number of rotatable bonds is 9. The average molecular weight is 333 g/mol. The van der Waals surface area contributed by atoms with Gasteiger partial charge in [0.1, 0.15) is 12.4 Å². The average Bonchev–Trinajstić information content (AvgIpc) is 2.47. The molecule has 0 aliphatic carbocycles. The van der Waals surface area contributed by atoms with Crippen LogP contribution in [0, 0.1) is 0 Å². The number of hydrogen-bond donors (Lipinski definition) is 2. The molecule has 0 radical (unpaired) electrons. The fraction of sp³-hybridized carbons (Fsp3) is 0.467. The third-order valence-electron chi connectivity index (χ3n) is 2.90. The van der Waals surface area contributed by atoms with Gasteiger partial charge in [-0.15, -0.1) is 0 Å². The van der Waals surface area contributed by atoms with Gasteiger partial charge in [-0.1, -0.05) is 6.07 Å². The molecule has 2 N–H and O–H groups in total. The Hall–Kier alpha value is -2.25. The van der Waals surface area contributed by atoms with Gasteiger partial charge in [0.2, 0.25) is 5.91 Å². The number of benzene rings is 1.